The Labute approximate surface area is 69.6 Å². The molecule has 1 aliphatic rings. The molecule has 0 aromatic rings. The average molecular weight is 173 g/mol. The predicted octanol–water partition coefficient (Wildman–Crippen LogP) is -0.893. The topological polar surface area (TPSA) is 84.7 Å². The SMILES string of the molecule is NC(=O)OCCN1CCNC1=O. The fourth-order valence-corrected chi connectivity index (χ4v) is 0.981. The molecule has 6 heteroatoms. The van der Waals surface area contributed by atoms with Crippen molar-refractivity contribution in [2.75, 3.05) is 26.2 Å². The van der Waals surface area contributed by atoms with Crippen LogP contribution in [0.4, 0.5) is 9.59 Å². The summed E-state index contributed by atoms with van der Waals surface area (Å²) in [7, 11) is 0. The number of amides is 3. The van der Waals surface area contributed by atoms with Crippen molar-refractivity contribution in [3.8, 4) is 0 Å². The van der Waals surface area contributed by atoms with Crippen LogP contribution in [0.25, 0.3) is 0 Å². The van der Waals surface area contributed by atoms with Crippen LogP contribution in [0.3, 0.4) is 0 Å². The van der Waals surface area contributed by atoms with Gasteiger partial charge in [-0.05, 0) is 0 Å². The number of nitrogens with one attached hydrogen (secondary N) is 1. The van der Waals surface area contributed by atoms with Crippen LogP contribution in [-0.2, 0) is 4.74 Å². The number of hydrogen-bond acceptors (Lipinski definition) is 3. The van der Waals surface area contributed by atoms with E-state index in [1.54, 1.807) is 4.90 Å². The zero-order valence-corrected chi connectivity index (χ0v) is 6.58. The van der Waals surface area contributed by atoms with Crippen molar-refractivity contribution in [3.05, 3.63) is 0 Å². The summed E-state index contributed by atoms with van der Waals surface area (Å²) >= 11 is 0. The van der Waals surface area contributed by atoms with Gasteiger partial charge in [-0.1, -0.05) is 0 Å². The molecule has 12 heavy (non-hydrogen) atoms. The molecule has 6 nitrogen and oxygen atoms in total. The molecule has 3 N–H and O–H groups in total. The molecule has 0 atom stereocenters. The van der Waals surface area contributed by atoms with Gasteiger partial charge in [0.05, 0.1) is 6.54 Å². The largest absolute Gasteiger partial charge is 0.448 e. The van der Waals surface area contributed by atoms with E-state index in [4.69, 9.17) is 5.73 Å². The standard InChI is InChI=1S/C6H11N3O3/c7-5(10)12-4-3-9-2-1-8-6(9)11/h1-4H2,(H2,7,10)(H,8,11). The Kier molecular flexibility index (Phi) is 2.73. The van der Waals surface area contributed by atoms with Gasteiger partial charge in [-0.25, -0.2) is 9.59 Å². The van der Waals surface area contributed by atoms with Crippen LogP contribution < -0.4 is 11.1 Å². The zero-order valence-electron chi connectivity index (χ0n) is 6.58. The van der Waals surface area contributed by atoms with Gasteiger partial charge in [-0.3, -0.25) is 0 Å². The van der Waals surface area contributed by atoms with E-state index in [0.717, 1.165) is 0 Å². The van der Waals surface area contributed by atoms with Crippen LogP contribution in [0, 0.1) is 0 Å². The molecule has 0 saturated carbocycles. The van der Waals surface area contributed by atoms with Crippen molar-refractivity contribution >= 4 is 12.1 Å². The number of rotatable bonds is 3. The van der Waals surface area contributed by atoms with Gasteiger partial charge >= 0.3 is 12.1 Å². The van der Waals surface area contributed by atoms with Crippen LogP contribution in [0.2, 0.25) is 0 Å². The minimum Gasteiger partial charge on any atom is -0.448 e. The first-order chi connectivity index (χ1) is 5.70. The second-order valence-corrected chi connectivity index (χ2v) is 2.39. The Morgan fingerprint density at radius 1 is 1.75 bits per heavy atom. The Balaban J connectivity index is 2.14. The van der Waals surface area contributed by atoms with Gasteiger partial charge < -0.3 is 20.7 Å². The summed E-state index contributed by atoms with van der Waals surface area (Å²) in [4.78, 5) is 22.6. The monoisotopic (exact) mass is 173 g/mol. The highest BCUT2D eigenvalue weighted by Crippen LogP contribution is 1.95. The molecule has 0 bridgehead atoms. The van der Waals surface area contributed by atoms with Crippen molar-refractivity contribution in [2.45, 2.75) is 0 Å². The predicted molar refractivity (Wildman–Crippen MR) is 40.5 cm³/mol. The fourth-order valence-electron chi connectivity index (χ4n) is 0.981. The van der Waals surface area contributed by atoms with Crippen LogP contribution in [-0.4, -0.2) is 43.3 Å². The molecule has 1 rings (SSSR count). The quantitative estimate of drug-likeness (QED) is 0.580. The summed E-state index contributed by atoms with van der Waals surface area (Å²) < 4.78 is 4.47. The maximum absolute atomic E-state index is 10.9. The van der Waals surface area contributed by atoms with Gasteiger partial charge in [-0.15, -0.1) is 0 Å². The number of carbonyl (C=O) groups is 2. The summed E-state index contributed by atoms with van der Waals surface area (Å²) in [6, 6.07) is -0.122. The molecule has 0 aromatic heterocycles. The Morgan fingerprint density at radius 3 is 3.00 bits per heavy atom. The number of nitrogens with zero attached hydrogens (tertiary/aromatic N) is 1. The van der Waals surface area contributed by atoms with Crippen molar-refractivity contribution in [2.24, 2.45) is 5.73 Å². The first kappa shape index (κ1) is 8.63. The lowest BCUT2D eigenvalue weighted by Crippen LogP contribution is -2.32. The van der Waals surface area contributed by atoms with E-state index in [1.807, 2.05) is 0 Å². The van der Waals surface area contributed by atoms with Crippen molar-refractivity contribution in [1.29, 1.82) is 0 Å². The molecule has 1 saturated heterocycles. The molecule has 0 unspecified atom stereocenters. The van der Waals surface area contributed by atoms with Gasteiger partial charge in [0.1, 0.15) is 6.61 Å². The van der Waals surface area contributed by atoms with Crippen LogP contribution >= 0.6 is 0 Å². The zero-order chi connectivity index (χ0) is 8.97. The fraction of sp³-hybridized carbons (Fsp3) is 0.667. The average Bonchev–Trinajstić information content (AvgIpc) is 2.36. The Hall–Kier alpha value is -1.46. The van der Waals surface area contributed by atoms with E-state index >= 15 is 0 Å². The molecule has 1 aliphatic heterocycles. The normalized spacial score (nSPS) is 16.0. The van der Waals surface area contributed by atoms with E-state index in [0.29, 0.717) is 19.6 Å². The van der Waals surface area contributed by atoms with Gasteiger partial charge in [0.25, 0.3) is 0 Å². The van der Waals surface area contributed by atoms with Gasteiger partial charge in [0.2, 0.25) is 0 Å². The number of nitrogens with two attached hydrogens (primary N) is 1. The number of primary amides is 1. The third-order valence-electron chi connectivity index (χ3n) is 1.55. The van der Waals surface area contributed by atoms with Gasteiger partial charge in [0, 0.05) is 13.1 Å². The second kappa shape index (κ2) is 3.80. The highest BCUT2D eigenvalue weighted by molar-refractivity contribution is 5.76. The van der Waals surface area contributed by atoms with Crippen molar-refractivity contribution in [3.63, 3.8) is 0 Å². The van der Waals surface area contributed by atoms with E-state index in [9.17, 15) is 9.59 Å². The molecule has 0 aromatic carbocycles. The van der Waals surface area contributed by atoms with E-state index < -0.39 is 6.09 Å². The molecular formula is C6H11N3O3. The Bertz CT molecular complexity index is 194. The van der Waals surface area contributed by atoms with Crippen molar-refractivity contribution in [1.82, 2.24) is 10.2 Å². The third kappa shape index (κ3) is 2.30. The highest BCUT2D eigenvalue weighted by atomic mass is 16.5. The Morgan fingerprint density at radius 2 is 2.50 bits per heavy atom. The lowest BCUT2D eigenvalue weighted by atomic mass is 10.5. The first-order valence-corrected chi connectivity index (χ1v) is 3.65. The van der Waals surface area contributed by atoms with E-state index in [2.05, 4.69) is 10.1 Å². The molecule has 0 radical (unpaired) electrons. The number of hydrogen-bond donors (Lipinski definition) is 2. The van der Waals surface area contributed by atoms with Crippen LogP contribution in [0.1, 0.15) is 0 Å². The van der Waals surface area contributed by atoms with Crippen LogP contribution in [0.5, 0.6) is 0 Å². The van der Waals surface area contributed by atoms with Gasteiger partial charge in [0.15, 0.2) is 0 Å². The number of carbonyl (C=O) groups excluding carboxylic acids is 2. The molecule has 68 valence electrons. The summed E-state index contributed by atoms with van der Waals surface area (Å²) in [6.45, 7) is 1.86. The smallest absolute Gasteiger partial charge is 0.404 e. The second-order valence-electron chi connectivity index (χ2n) is 2.39. The lowest BCUT2D eigenvalue weighted by Gasteiger charge is -2.12. The lowest BCUT2D eigenvalue weighted by molar-refractivity contribution is 0.143. The van der Waals surface area contributed by atoms with Crippen molar-refractivity contribution < 1.29 is 14.3 Å². The molecular weight excluding hydrogens is 162 g/mol. The maximum atomic E-state index is 10.9. The summed E-state index contributed by atoms with van der Waals surface area (Å²) in [5, 5.41) is 2.62. The first-order valence-electron chi connectivity index (χ1n) is 3.65. The third-order valence-corrected chi connectivity index (χ3v) is 1.55. The molecule has 0 aliphatic carbocycles. The molecule has 1 heterocycles. The minimum absolute atomic E-state index is 0.122. The van der Waals surface area contributed by atoms with Crippen LogP contribution in [0.15, 0.2) is 0 Å². The minimum atomic E-state index is -0.811. The number of ether oxygens (including phenoxy) is 1. The maximum Gasteiger partial charge on any atom is 0.404 e. The molecule has 3 amide bonds. The summed E-state index contributed by atoms with van der Waals surface area (Å²) in [5.41, 5.74) is 4.73. The van der Waals surface area contributed by atoms with E-state index in [1.165, 1.54) is 0 Å². The summed E-state index contributed by atoms with van der Waals surface area (Å²) in [5.74, 6) is 0. The highest BCUT2D eigenvalue weighted by Gasteiger charge is 2.18. The number of urea groups is 1. The van der Waals surface area contributed by atoms with E-state index in [-0.39, 0.29) is 12.6 Å². The van der Waals surface area contributed by atoms with Gasteiger partial charge in [-0.2, -0.15) is 0 Å². The molecule has 0 spiro atoms. The molecule has 1 fully saturated rings. The summed E-state index contributed by atoms with van der Waals surface area (Å²) in [6.07, 6.45) is -0.811.